The van der Waals surface area contributed by atoms with Crippen LogP contribution >= 0.6 is 11.8 Å². The number of carbonyl (C=O) groups is 1. The first-order valence-electron chi connectivity index (χ1n) is 12.9. The van der Waals surface area contributed by atoms with Crippen molar-refractivity contribution in [3.63, 3.8) is 0 Å². The van der Waals surface area contributed by atoms with Crippen molar-refractivity contribution < 1.29 is 13.9 Å². The van der Waals surface area contributed by atoms with Crippen LogP contribution in [0.2, 0.25) is 0 Å². The Morgan fingerprint density at radius 2 is 1.80 bits per heavy atom. The second-order valence-electron chi connectivity index (χ2n) is 9.57. The third kappa shape index (κ3) is 5.36. The number of hydrogen-bond donors (Lipinski definition) is 1. The number of carbonyl (C=O) groups excluding carboxylic acids is 1. The van der Waals surface area contributed by atoms with Gasteiger partial charge in [0.05, 0.1) is 36.5 Å². The number of amides is 1. The van der Waals surface area contributed by atoms with Gasteiger partial charge in [-0.15, -0.1) is 0 Å². The lowest BCUT2D eigenvalue weighted by Gasteiger charge is -2.22. The number of ether oxygens (including phenoxy) is 1. The Morgan fingerprint density at radius 1 is 1.07 bits per heavy atom. The van der Waals surface area contributed by atoms with Gasteiger partial charge in [-0.25, -0.2) is 19.1 Å². The predicted octanol–water partition coefficient (Wildman–Crippen LogP) is 5.03. The fraction of sp³-hybridized carbons (Fsp3) is 0.167. The number of thioether (sulfide) groups is 1. The number of nitrogens with zero attached hydrogens (tertiary/aromatic N) is 5. The van der Waals surface area contributed by atoms with Gasteiger partial charge < -0.3 is 9.72 Å². The highest BCUT2D eigenvalue weighted by atomic mass is 32.2. The average Bonchev–Trinajstić information content (AvgIpc) is 3.63. The largest absolute Gasteiger partial charge is 0.497 e. The van der Waals surface area contributed by atoms with Gasteiger partial charge in [-0.05, 0) is 66.6 Å². The standard InChI is InChI=1S/C30H25FN6O3S/c1-18-3-5-20(6-4-18)26-15-25(19-7-13-23(40-2)14-8-19)35-37(26)27(38)17-41-30-33-28-24(29(39)34-30)16-32-36(28)22-11-9-21(31)10-12-22/h3-14,16,26H,15,17H2,1-2H3,(H,33,34,39). The second kappa shape index (κ2) is 11.0. The van der Waals surface area contributed by atoms with Gasteiger partial charge in [0.25, 0.3) is 11.5 Å². The van der Waals surface area contributed by atoms with Crippen LogP contribution in [0.1, 0.15) is 29.2 Å². The van der Waals surface area contributed by atoms with Crippen LogP contribution in [0.5, 0.6) is 5.75 Å². The maximum Gasteiger partial charge on any atom is 0.262 e. The van der Waals surface area contributed by atoms with E-state index in [9.17, 15) is 14.0 Å². The minimum Gasteiger partial charge on any atom is -0.497 e. The normalized spacial score (nSPS) is 14.9. The SMILES string of the molecule is COc1ccc(C2=NN(C(=O)CSc3nc4c(cnn4-c4ccc(F)cc4)c(=O)[nH]3)C(c3ccc(C)cc3)C2)cc1. The van der Waals surface area contributed by atoms with Gasteiger partial charge in [0.2, 0.25) is 0 Å². The molecule has 0 aliphatic carbocycles. The third-order valence-electron chi connectivity index (χ3n) is 6.87. The summed E-state index contributed by atoms with van der Waals surface area (Å²) in [4.78, 5) is 33.6. The maximum absolute atomic E-state index is 13.6. The fourth-order valence-electron chi connectivity index (χ4n) is 4.68. The highest BCUT2D eigenvalue weighted by Gasteiger charge is 2.33. The van der Waals surface area contributed by atoms with E-state index in [0.717, 1.165) is 39.9 Å². The summed E-state index contributed by atoms with van der Waals surface area (Å²) < 4.78 is 20.2. The van der Waals surface area contributed by atoms with Crippen molar-refractivity contribution in [1.29, 1.82) is 0 Å². The molecule has 1 amide bonds. The summed E-state index contributed by atoms with van der Waals surface area (Å²) in [5.41, 5.74) is 4.32. The number of benzene rings is 3. The molecule has 1 aliphatic rings. The fourth-order valence-corrected chi connectivity index (χ4v) is 5.39. The number of methoxy groups -OCH3 is 1. The van der Waals surface area contributed by atoms with Gasteiger partial charge in [-0.2, -0.15) is 10.2 Å². The number of aromatic amines is 1. The molecule has 1 atom stereocenters. The average molecular weight is 569 g/mol. The third-order valence-corrected chi connectivity index (χ3v) is 7.73. The number of halogens is 1. The van der Waals surface area contributed by atoms with Gasteiger partial charge >= 0.3 is 0 Å². The number of fused-ring (bicyclic) bond motifs is 1. The molecule has 1 N–H and O–H groups in total. The predicted molar refractivity (Wildman–Crippen MR) is 155 cm³/mol. The molecule has 0 bridgehead atoms. The van der Waals surface area contributed by atoms with Crippen LogP contribution in [0.15, 0.2) is 94.0 Å². The Labute approximate surface area is 238 Å². The van der Waals surface area contributed by atoms with Crippen molar-refractivity contribution in [1.82, 2.24) is 24.8 Å². The van der Waals surface area contributed by atoms with Crippen LogP contribution in [0.25, 0.3) is 16.7 Å². The summed E-state index contributed by atoms with van der Waals surface area (Å²) >= 11 is 1.11. The van der Waals surface area contributed by atoms with Crippen molar-refractivity contribution in [2.75, 3.05) is 12.9 Å². The summed E-state index contributed by atoms with van der Waals surface area (Å²) in [5.74, 6) is 0.139. The van der Waals surface area contributed by atoms with Crippen molar-refractivity contribution in [3.8, 4) is 11.4 Å². The number of H-pyrrole nitrogens is 1. The number of hydrazone groups is 1. The maximum atomic E-state index is 13.6. The number of nitrogens with one attached hydrogen (secondary N) is 1. The van der Waals surface area contributed by atoms with Crippen molar-refractivity contribution in [2.45, 2.75) is 24.5 Å². The molecule has 5 aromatic rings. The molecule has 3 aromatic carbocycles. The van der Waals surface area contributed by atoms with Gasteiger partial charge in [-0.3, -0.25) is 9.59 Å². The van der Waals surface area contributed by atoms with E-state index >= 15 is 0 Å². The molecule has 1 aliphatic heterocycles. The molecule has 0 fully saturated rings. The molecule has 0 radical (unpaired) electrons. The topological polar surface area (TPSA) is 105 Å². The van der Waals surface area contributed by atoms with E-state index in [1.807, 2.05) is 55.5 Å². The quantitative estimate of drug-likeness (QED) is 0.218. The molecule has 2 aromatic heterocycles. The molecule has 206 valence electrons. The summed E-state index contributed by atoms with van der Waals surface area (Å²) in [6.07, 6.45) is 1.97. The first kappa shape index (κ1) is 26.5. The molecule has 0 saturated heterocycles. The number of aromatic nitrogens is 4. The van der Waals surface area contributed by atoms with E-state index in [-0.39, 0.29) is 39.6 Å². The van der Waals surface area contributed by atoms with E-state index in [0.29, 0.717) is 17.8 Å². The van der Waals surface area contributed by atoms with Crippen molar-refractivity contribution >= 4 is 34.4 Å². The van der Waals surface area contributed by atoms with Crippen LogP contribution in [-0.2, 0) is 4.79 Å². The van der Waals surface area contributed by atoms with Gasteiger partial charge in [0.15, 0.2) is 10.8 Å². The lowest BCUT2D eigenvalue weighted by Crippen LogP contribution is -2.28. The Morgan fingerprint density at radius 3 is 2.51 bits per heavy atom. The van der Waals surface area contributed by atoms with Crippen molar-refractivity contribution in [2.24, 2.45) is 5.10 Å². The lowest BCUT2D eigenvalue weighted by atomic mass is 9.97. The van der Waals surface area contributed by atoms with E-state index in [1.165, 1.54) is 28.0 Å². The minimum absolute atomic E-state index is 0.000879. The molecule has 11 heteroatoms. The van der Waals surface area contributed by atoms with Gasteiger partial charge in [0.1, 0.15) is 17.0 Å². The minimum atomic E-state index is -0.380. The zero-order valence-corrected chi connectivity index (χ0v) is 23.1. The van der Waals surface area contributed by atoms with E-state index in [4.69, 9.17) is 9.84 Å². The zero-order chi connectivity index (χ0) is 28.5. The van der Waals surface area contributed by atoms with E-state index < -0.39 is 0 Å². The summed E-state index contributed by atoms with van der Waals surface area (Å²) in [5, 5.41) is 11.1. The van der Waals surface area contributed by atoms with Crippen LogP contribution < -0.4 is 10.3 Å². The van der Waals surface area contributed by atoms with Gasteiger partial charge in [-0.1, -0.05) is 41.6 Å². The zero-order valence-electron chi connectivity index (χ0n) is 22.2. The highest BCUT2D eigenvalue weighted by Crippen LogP contribution is 2.34. The van der Waals surface area contributed by atoms with Crippen molar-refractivity contribution in [3.05, 3.63) is 112 Å². The van der Waals surface area contributed by atoms with E-state index in [1.54, 1.807) is 19.2 Å². The first-order chi connectivity index (χ1) is 19.9. The Kier molecular flexibility index (Phi) is 7.10. The van der Waals surface area contributed by atoms with Crippen LogP contribution in [0.4, 0.5) is 4.39 Å². The van der Waals surface area contributed by atoms with Crippen LogP contribution in [-0.4, -0.2) is 49.2 Å². The Hall–Kier alpha value is -4.77. The summed E-state index contributed by atoms with van der Waals surface area (Å²) in [6, 6.07) is 21.1. The van der Waals surface area contributed by atoms with Crippen LogP contribution in [0.3, 0.4) is 0 Å². The molecule has 0 saturated carbocycles. The number of rotatable bonds is 7. The number of aryl methyl sites for hydroxylation is 1. The molecular weight excluding hydrogens is 543 g/mol. The molecule has 3 heterocycles. The lowest BCUT2D eigenvalue weighted by molar-refractivity contribution is -0.130. The monoisotopic (exact) mass is 568 g/mol. The molecular formula is C30H25FN6O3S. The Bertz CT molecular complexity index is 1820. The first-order valence-corrected chi connectivity index (χ1v) is 13.9. The second-order valence-corrected chi connectivity index (χ2v) is 10.5. The molecule has 9 nitrogen and oxygen atoms in total. The summed E-state index contributed by atoms with van der Waals surface area (Å²) in [7, 11) is 1.62. The Balaban J connectivity index is 1.27. The molecule has 0 spiro atoms. The smallest absolute Gasteiger partial charge is 0.262 e. The summed E-state index contributed by atoms with van der Waals surface area (Å²) in [6.45, 7) is 2.02. The highest BCUT2D eigenvalue weighted by molar-refractivity contribution is 7.99. The molecule has 6 rings (SSSR count). The van der Waals surface area contributed by atoms with Crippen LogP contribution in [0, 0.1) is 12.7 Å². The van der Waals surface area contributed by atoms with Gasteiger partial charge in [0, 0.05) is 6.42 Å². The van der Waals surface area contributed by atoms with E-state index in [2.05, 4.69) is 15.1 Å². The molecule has 41 heavy (non-hydrogen) atoms. The number of hydrogen-bond acceptors (Lipinski definition) is 7. The molecule has 1 unspecified atom stereocenters.